The van der Waals surface area contributed by atoms with Crippen LogP contribution in [0.4, 0.5) is 0 Å². The average molecular weight is 330 g/mol. The second-order valence-corrected chi connectivity index (χ2v) is 6.00. The van der Waals surface area contributed by atoms with Gasteiger partial charge in [-0.15, -0.1) is 0 Å². The van der Waals surface area contributed by atoms with Gasteiger partial charge in [-0.1, -0.05) is 5.16 Å². The number of likely N-dealkylation sites (tertiary alicyclic amines) is 1. The van der Waals surface area contributed by atoms with Crippen LogP contribution in [-0.2, 0) is 6.54 Å². The number of ether oxygens (including phenoxy) is 2. The fraction of sp³-hybridized carbons (Fsp3) is 0.444. The van der Waals surface area contributed by atoms with Crippen molar-refractivity contribution in [2.75, 3.05) is 27.3 Å². The Bertz CT molecular complexity index is 684. The molecular formula is C18H22N2O4. The van der Waals surface area contributed by atoms with Crippen LogP contribution < -0.4 is 9.47 Å². The maximum absolute atomic E-state index is 12.9. The van der Waals surface area contributed by atoms with Gasteiger partial charge in [-0.05, 0) is 31.5 Å². The number of Topliss-reactive ketones (excluding diaryl/α,β-unsaturated/α-hetero) is 1. The molecule has 0 unspecified atom stereocenters. The van der Waals surface area contributed by atoms with Gasteiger partial charge in [0.25, 0.3) is 0 Å². The zero-order chi connectivity index (χ0) is 16.9. The van der Waals surface area contributed by atoms with Crippen LogP contribution in [0.2, 0.25) is 0 Å². The summed E-state index contributed by atoms with van der Waals surface area (Å²) in [7, 11) is 3.17. The van der Waals surface area contributed by atoms with E-state index in [1.807, 2.05) is 6.07 Å². The molecule has 1 fully saturated rings. The molecule has 6 heteroatoms. The third-order valence-corrected chi connectivity index (χ3v) is 4.43. The normalized spacial score (nSPS) is 18.3. The molecule has 0 spiro atoms. The minimum absolute atomic E-state index is 0.0343. The molecule has 6 nitrogen and oxygen atoms in total. The Morgan fingerprint density at radius 2 is 2.21 bits per heavy atom. The fourth-order valence-electron chi connectivity index (χ4n) is 3.18. The Hall–Kier alpha value is -2.34. The van der Waals surface area contributed by atoms with Crippen LogP contribution in [0.1, 0.15) is 28.9 Å². The first-order valence-electron chi connectivity index (χ1n) is 8.09. The Kier molecular flexibility index (Phi) is 5.15. The van der Waals surface area contributed by atoms with Crippen LogP contribution in [0, 0.1) is 5.92 Å². The lowest BCUT2D eigenvalue weighted by atomic mass is 9.89. The molecular weight excluding hydrogens is 308 g/mol. The molecule has 1 saturated heterocycles. The van der Waals surface area contributed by atoms with Crippen LogP contribution in [0.3, 0.4) is 0 Å². The summed E-state index contributed by atoms with van der Waals surface area (Å²) in [5.74, 6) is 1.33. The van der Waals surface area contributed by atoms with Gasteiger partial charge in [0.15, 0.2) is 5.78 Å². The Morgan fingerprint density at radius 3 is 2.92 bits per heavy atom. The third-order valence-electron chi connectivity index (χ3n) is 4.43. The molecule has 1 aromatic heterocycles. The van der Waals surface area contributed by atoms with Crippen molar-refractivity contribution >= 4 is 5.78 Å². The van der Waals surface area contributed by atoms with Crippen LogP contribution in [0.15, 0.2) is 35.1 Å². The number of aromatic nitrogens is 1. The molecule has 2 heterocycles. The molecule has 0 aliphatic carbocycles. The molecule has 1 aliphatic heterocycles. The number of carbonyl (C=O) groups is 1. The molecule has 0 N–H and O–H groups in total. The minimum Gasteiger partial charge on any atom is -0.497 e. The van der Waals surface area contributed by atoms with Crippen molar-refractivity contribution in [1.29, 1.82) is 0 Å². The molecule has 24 heavy (non-hydrogen) atoms. The smallest absolute Gasteiger partial charge is 0.170 e. The number of hydrogen-bond donors (Lipinski definition) is 0. The first-order valence-corrected chi connectivity index (χ1v) is 8.09. The summed E-state index contributed by atoms with van der Waals surface area (Å²) in [6.07, 6.45) is 3.46. The molecule has 128 valence electrons. The monoisotopic (exact) mass is 330 g/mol. The average Bonchev–Trinajstić information content (AvgIpc) is 3.13. The van der Waals surface area contributed by atoms with Crippen LogP contribution in [-0.4, -0.2) is 43.1 Å². The number of ketones is 1. The SMILES string of the molecule is COc1ccc(C(=O)[C@H]2CCCN(Cc3ccon3)C2)c(OC)c1. The summed E-state index contributed by atoms with van der Waals surface area (Å²) >= 11 is 0. The number of rotatable bonds is 6. The molecule has 3 rings (SSSR count). The minimum atomic E-state index is -0.0343. The second-order valence-electron chi connectivity index (χ2n) is 6.00. The van der Waals surface area contributed by atoms with Gasteiger partial charge in [-0.25, -0.2) is 0 Å². The van der Waals surface area contributed by atoms with E-state index >= 15 is 0 Å². The summed E-state index contributed by atoms with van der Waals surface area (Å²) in [6.45, 7) is 2.40. The summed E-state index contributed by atoms with van der Waals surface area (Å²) in [5.41, 5.74) is 1.51. The molecule has 1 aromatic carbocycles. The van der Waals surface area contributed by atoms with Crippen LogP contribution >= 0.6 is 0 Å². The quantitative estimate of drug-likeness (QED) is 0.759. The van der Waals surface area contributed by atoms with Crippen LogP contribution in [0.5, 0.6) is 11.5 Å². The standard InChI is InChI=1S/C18H22N2O4/c1-22-15-5-6-16(17(10-15)23-2)18(21)13-4-3-8-20(11-13)12-14-7-9-24-19-14/h5-7,9-10,13H,3-4,8,11-12H2,1-2H3/t13-/m0/s1. The maximum Gasteiger partial charge on any atom is 0.170 e. The first kappa shape index (κ1) is 16.5. The topological polar surface area (TPSA) is 64.8 Å². The first-order chi connectivity index (χ1) is 11.7. The van der Waals surface area contributed by atoms with Gasteiger partial charge in [-0.2, -0.15) is 0 Å². The van der Waals surface area contributed by atoms with Gasteiger partial charge in [-0.3, -0.25) is 9.69 Å². The van der Waals surface area contributed by atoms with Gasteiger partial charge >= 0.3 is 0 Å². The van der Waals surface area contributed by atoms with Crippen molar-refractivity contribution in [3.8, 4) is 11.5 Å². The molecule has 0 saturated carbocycles. The van der Waals surface area contributed by atoms with Crippen molar-refractivity contribution in [3.63, 3.8) is 0 Å². The third kappa shape index (κ3) is 3.59. The molecule has 1 atom stereocenters. The summed E-state index contributed by atoms with van der Waals surface area (Å²) in [4.78, 5) is 15.2. The van der Waals surface area contributed by atoms with Crippen molar-refractivity contribution in [1.82, 2.24) is 10.1 Å². The number of carbonyl (C=O) groups excluding carboxylic acids is 1. The predicted molar refractivity (Wildman–Crippen MR) is 88.4 cm³/mol. The van der Waals surface area contributed by atoms with E-state index in [4.69, 9.17) is 14.0 Å². The Morgan fingerprint density at radius 1 is 1.33 bits per heavy atom. The Balaban J connectivity index is 1.72. The van der Waals surface area contributed by atoms with Gasteiger partial charge in [0, 0.05) is 31.1 Å². The largest absolute Gasteiger partial charge is 0.497 e. The number of piperidine rings is 1. The maximum atomic E-state index is 12.9. The van der Waals surface area contributed by atoms with Gasteiger partial charge < -0.3 is 14.0 Å². The van der Waals surface area contributed by atoms with E-state index in [9.17, 15) is 4.79 Å². The molecule has 0 amide bonds. The zero-order valence-corrected chi connectivity index (χ0v) is 14.0. The van der Waals surface area contributed by atoms with E-state index in [0.717, 1.165) is 31.6 Å². The highest BCUT2D eigenvalue weighted by atomic mass is 16.5. The molecule has 0 bridgehead atoms. The van der Waals surface area contributed by atoms with E-state index < -0.39 is 0 Å². The van der Waals surface area contributed by atoms with Crippen molar-refractivity contribution in [2.24, 2.45) is 5.92 Å². The lowest BCUT2D eigenvalue weighted by molar-refractivity contribution is 0.0806. The van der Waals surface area contributed by atoms with Gasteiger partial charge in [0.1, 0.15) is 17.8 Å². The van der Waals surface area contributed by atoms with Crippen molar-refractivity contribution in [3.05, 3.63) is 41.8 Å². The van der Waals surface area contributed by atoms with Crippen molar-refractivity contribution in [2.45, 2.75) is 19.4 Å². The molecule has 2 aromatic rings. The van der Waals surface area contributed by atoms with E-state index in [1.165, 1.54) is 0 Å². The highest BCUT2D eigenvalue weighted by molar-refractivity contribution is 6.00. The van der Waals surface area contributed by atoms with E-state index in [0.29, 0.717) is 23.6 Å². The Labute approximate surface area is 141 Å². The van der Waals surface area contributed by atoms with E-state index in [1.54, 1.807) is 38.7 Å². The predicted octanol–water partition coefficient (Wildman–Crippen LogP) is 2.79. The lowest BCUT2D eigenvalue weighted by Gasteiger charge is -2.31. The van der Waals surface area contributed by atoms with Gasteiger partial charge in [0.2, 0.25) is 0 Å². The summed E-state index contributed by atoms with van der Waals surface area (Å²) < 4.78 is 15.5. The number of benzene rings is 1. The molecule has 1 aliphatic rings. The second kappa shape index (κ2) is 7.49. The molecule has 0 radical (unpaired) electrons. The summed E-state index contributed by atoms with van der Waals surface area (Å²) in [6, 6.07) is 7.20. The fourth-order valence-corrected chi connectivity index (χ4v) is 3.18. The zero-order valence-electron chi connectivity index (χ0n) is 14.0. The number of nitrogens with zero attached hydrogens (tertiary/aromatic N) is 2. The lowest BCUT2D eigenvalue weighted by Crippen LogP contribution is -2.38. The summed E-state index contributed by atoms with van der Waals surface area (Å²) in [5, 5.41) is 3.95. The van der Waals surface area contributed by atoms with Crippen molar-refractivity contribution < 1.29 is 18.8 Å². The van der Waals surface area contributed by atoms with E-state index in [2.05, 4.69) is 10.1 Å². The highest BCUT2D eigenvalue weighted by Gasteiger charge is 2.28. The number of hydrogen-bond acceptors (Lipinski definition) is 6. The highest BCUT2D eigenvalue weighted by Crippen LogP contribution is 2.29. The van der Waals surface area contributed by atoms with E-state index in [-0.39, 0.29) is 11.7 Å². The van der Waals surface area contributed by atoms with Crippen LogP contribution in [0.25, 0.3) is 0 Å². The van der Waals surface area contributed by atoms with Gasteiger partial charge in [0.05, 0.1) is 25.5 Å². The number of methoxy groups -OCH3 is 2.